The van der Waals surface area contributed by atoms with Gasteiger partial charge in [0.15, 0.2) is 0 Å². The zero-order valence-corrected chi connectivity index (χ0v) is 10.9. The zero-order valence-electron chi connectivity index (χ0n) is 9.31. The molecule has 17 heavy (non-hydrogen) atoms. The van der Waals surface area contributed by atoms with Gasteiger partial charge in [0.2, 0.25) is 0 Å². The third-order valence-electron chi connectivity index (χ3n) is 2.19. The Bertz CT molecular complexity index is 470. The van der Waals surface area contributed by atoms with Crippen LogP contribution in [-0.4, -0.2) is 7.11 Å². The molecule has 0 aliphatic carbocycles. The minimum Gasteiger partial charge on any atom is -0.497 e. The molecule has 0 unspecified atom stereocenters. The lowest BCUT2D eigenvalue weighted by molar-refractivity contribution is 0.415. The van der Waals surface area contributed by atoms with E-state index in [1.807, 2.05) is 48.5 Å². The molecule has 1 N–H and O–H groups in total. The minimum absolute atomic E-state index is 0.749. The normalized spacial score (nSPS) is 10.0. The standard InChI is InChI=1S/C13H12ClNOS/c1-16-12-6-4-11(5-7-12)15-17-13-8-2-10(14)3-9-13/h2-9,15H,1H3. The highest BCUT2D eigenvalue weighted by molar-refractivity contribution is 8.00. The van der Waals surface area contributed by atoms with E-state index in [1.54, 1.807) is 19.1 Å². The summed E-state index contributed by atoms with van der Waals surface area (Å²) < 4.78 is 8.35. The largest absolute Gasteiger partial charge is 0.497 e. The molecule has 0 saturated heterocycles. The summed E-state index contributed by atoms with van der Waals surface area (Å²) in [5.41, 5.74) is 1.03. The Kier molecular flexibility index (Phi) is 4.18. The van der Waals surface area contributed by atoms with Gasteiger partial charge in [0.1, 0.15) is 5.75 Å². The molecule has 2 rings (SSSR count). The van der Waals surface area contributed by atoms with Crippen LogP contribution in [0.3, 0.4) is 0 Å². The summed E-state index contributed by atoms with van der Waals surface area (Å²) in [7, 11) is 1.66. The van der Waals surface area contributed by atoms with Crippen molar-refractivity contribution in [2.45, 2.75) is 4.90 Å². The lowest BCUT2D eigenvalue weighted by Crippen LogP contribution is -1.87. The predicted molar refractivity (Wildman–Crippen MR) is 73.9 cm³/mol. The molecule has 0 atom stereocenters. The van der Waals surface area contributed by atoms with Crippen LogP contribution in [0.4, 0.5) is 5.69 Å². The van der Waals surface area contributed by atoms with Crippen LogP contribution in [-0.2, 0) is 0 Å². The van der Waals surface area contributed by atoms with Crippen molar-refractivity contribution in [3.8, 4) is 5.75 Å². The van der Waals surface area contributed by atoms with Crippen molar-refractivity contribution in [1.82, 2.24) is 0 Å². The van der Waals surface area contributed by atoms with E-state index in [4.69, 9.17) is 16.3 Å². The fourth-order valence-electron chi connectivity index (χ4n) is 1.28. The van der Waals surface area contributed by atoms with Gasteiger partial charge in [0.25, 0.3) is 0 Å². The Balaban J connectivity index is 1.95. The lowest BCUT2D eigenvalue weighted by atomic mass is 10.3. The van der Waals surface area contributed by atoms with Gasteiger partial charge in [-0.25, -0.2) is 0 Å². The van der Waals surface area contributed by atoms with Crippen LogP contribution in [0, 0.1) is 0 Å². The lowest BCUT2D eigenvalue weighted by Gasteiger charge is -2.06. The van der Waals surface area contributed by atoms with Gasteiger partial charge >= 0.3 is 0 Å². The van der Waals surface area contributed by atoms with E-state index in [0.717, 1.165) is 21.4 Å². The van der Waals surface area contributed by atoms with Gasteiger partial charge in [0.05, 0.1) is 7.11 Å². The molecule has 0 bridgehead atoms. The second-order valence-electron chi connectivity index (χ2n) is 3.39. The van der Waals surface area contributed by atoms with E-state index >= 15 is 0 Å². The highest BCUT2D eigenvalue weighted by Crippen LogP contribution is 2.23. The predicted octanol–water partition coefficient (Wildman–Crippen LogP) is 4.47. The fraction of sp³-hybridized carbons (Fsp3) is 0.0769. The first-order valence-corrected chi connectivity index (χ1v) is 6.30. The molecular weight excluding hydrogens is 254 g/mol. The highest BCUT2D eigenvalue weighted by Gasteiger charge is 1.96. The number of methoxy groups -OCH3 is 1. The summed E-state index contributed by atoms with van der Waals surface area (Å²) in [5.74, 6) is 0.854. The topological polar surface area (TPSA) is 21.3 Å². The van der Waals surface area contributed by atoms with Crippen molar-refractivity contribution in [2.24, 2.45) is 0 Å². The molecule has 2 nitrogen and oxygen atoms in total. The molecule has 4 heteroatoms. The van der Waals surface area contributed by atoms with Crippen LogP contribution in [0.1, 0.15) is 0 Å². The number of hydrogen-bond acceptors (Lipinski definition) is 3. The van der Waals surface area contributed by atoms with E-state index in [-0.39, 0.29) is 0 Å². The smallest absolute Gasteiger partial charge is 0.119 e. The Labute approximate surface area is 110 Å². The molecule has 0 spiro atoms. The van der Waals surface area contributed by atoms with Gasteiger partial charge in [-0.05, 0) is 60.5 Å². The van der Waals surface area contributed by atoms with Gasteiger partial charge in [-0.2, -0.15) is 0 Å². The van der Waals surface area contributed by atoms with Crippen LogP contribution in [0.15, 0.2) is 53.4 Å². The molecule has 0 saturated carbocycles. The molecule has 2 aromatic rings. The first kappa shape index (κ1) is 12.1. The first-order chi connectivity index (χ1) is 8.28. The minimum atomic E-state index is 0.749. The number of hydrogen-bond donors (Lipinski definition) is 1. The average Bonchev–Trinajstić information content (AvgIpc) is 2.39. The van der Waals surface area contributed by atoms with Gasteiger partial charge in [-0.3, -0.25) is 0 Å². The van der Waals surface area contributed by atoms with Crippen molar-refractivity contribution < 1.29 is 4.74 Å². The molecular formula is C13H12ClNOS. The average molecular weight is 266 g/mol. The third-order valence-corrected chi connectivity index (χ3v) is 3.29. The van der Waals surface area contributed by atoms with E-state index in [0.29, 0.717) is 0 Å². The number of nitrogens with one attached hydrogen (secondary N) is 1. The van der Waals surface area contributed by atoms with E-state index in [1.165, 1.54) is 0 Å². The molecule has 0 aromatic heterocycles. The molecule has 0 aliphatic rings. The van der Waals surface area contributed by atoms with Crippen LogP contribution >= 0.6 is 23.5 Å². The summed E-state index contributed by atoms with van der Waals surface area (Å²) in [6.07, 6.45) is 0. The quantitative estimate of drug-likeness (QED) is 0.825. The maximum absolute atomic E-state index is 5.82. The maximum Gasteiger partial charge on any atom is 0.119 e. The van der Waals surface area contributed by atoms with Crippen molar-refractivity contribution in [2.75, 3.05) is 11.8 Å². The first-order valence-electron chi connectivity index (χ1n) is 5.10. The molecule has 0 amide bonds. The Morgan fingerprint density at radius 2 is 1.65 bits per heavy atom. The summed E-state index contributed by atoms with van der Waals surface area (Å²) in [4.78, 5) is 1.12. The number of halogens is 1. The monoisotopic (exact) mass is 265 g/mol. The van der Waals surface area contributed by atoms with E-state index in [2.05, 4.69) is 4.72 Å². The van der Waals surface area contributed by atoms with E-state index < -0.39 is 0 Å². The molecule has 2 aromatic carbocycles. The fourth-order valence-corrected chi connectivity index (χ4v) is 2.05. The van der Waals surface area contributed by atoms with E-state index in [9.17, 15) is 0 Å². The van der Waals surface area contributed by atoms with Crippen molar-refractivity contribution in [3.63, 3.8) is 0 Å². The molecule has 0 fully saturated rings. The Morgan fingerprint density at radius 1 is 1.00 bits per heavy atom. The molecule has 0 radical (unpaired) electrons. The summed E-state index contributed by atoms with van der Waals surface area (Å²) in [5, 5.41) is 0.749. The maximum atomic E-state index is 5.82. The Morgan fingerprint density at radius 3 is 2.24 bits per heavy atom. The van der Waals surface area contributed by atoms with Crippen molar-refractivity contribution in [1.29, 1.82) is 0 Å². The number of ether oxygens (including phenoxy) is 1. The molecule has 0 aliphatic heterocycles. The second kappa shape index (κ2) is 5.84. The van der Waals surface area contributed by atoms with Crippen molar-refractivity contribution in [3.05, 3.63) is 53.6 Å². The summed E-state index contributed by atoms with van der Waals surface area (Å²) in [6.45, 7) is 0. The summed E-state index contributed by atoms with van der Waals surface area (Å²) in [6, 6.07) is 15.5. The van der Waals surface area contributed by atoms with Gasteiger partial charge in [-0.15, -0.1) is 0 Å². The molecule has 0 heterocycles. The second-order valence-corrected chi connectivity index (χ2v) is 4.70. The van der Waals surface area contributed by atoms with Crippen molar-refractivity contribution >= 4 is 29.2 Å². The number of benzene rings is 2. The Hall–Kier alpha value is -1.32. The van der Waals surface area contributed by atoms with Crippen LogP contribution in [0.2, 0.25) is 5.02 Å². The molecule has 88 valence electrons. The number of anilines is 1. The van der Waals surface area contributed by atoms with Gasteiger partial charge in [-0.1, -0.05) is 11.6 Å². The summed E-state index contributed by atoms with van der Waals surface area (Å²) >= 11 is 7.36. The van der Waals surface area contributed by atoms with Crippen LogP contribution in [0.5, 0.6) is 5.75 Å². The van der Waals surface area contributed by atoms with Crippen LogP contribution < -0.4 is 9.46 Å². The van der Waals surface area contributed by atoms with Gasteiger partial charge in [0, 0.05) is 15.6 Å². The SMILES string of the molecule is COc1ccc(NSc2ccc(Cl)cc2)cc1. The van der Waals surface area contributed by atoms with Crippen LogP contribution in [0.25, 0.3) is 0 Å². The number of rotatable bonds is 4. The third kappa shape index (κ3) is 3.58. The van der Waals surface area contributed by atoms with Gasteiger partial charge < -0.3 is 9.46 Å². The zero-order chi connectivity index (χ0) is 12.1. The highest BCUT2D eigenvalue weighted by atomic mass is 35.5.